The van der Waals surface area contributed by atoms with E-state index < -0.39 is 0 Å². The average Bonchev–Trinajstić information content (AvgIpc) is 2.84. The SMILES string of the molecule is Cc1ccc(Cl)cc1NC(=O)NCC1CCCO1. The number of amides is 2. The van der Waals surface area contributed by atoms with Gasteiger partial charge in [-0.1, -0.05) is 17.7 Å². The lowest BCUT2D eigenvalue weighted by Crippen LogP contribution is -2.35. The highest BCUT2D eigenvalue weighted by Crippen LogP contribution is 2.20. The molecule has 0 aliphatic carbocycles. The number of hydrogen-bond donors (Lipinski definition) is 2. The number of rotatable bonds is 3. The van der Waals surface area contributed by atoms with Crippen LogP contribution in [-0.2, 0) is 4.74 Å². The lowest BCUT2D eigenvalue weighted by molar-refractivity contribution is 0.112. The zero-order valence-electron chi connectivity index (χ0n) is 10.3. The molecule has 1 fully saturated rings. The molecule has 1 saturated heterocycles. The largest absolute Gasteiger partial charge is 0.376 e. The average molecular weight is 269 g/mol. The molecule has 2 rings (SSSR count). The van der Waals surface area contributed by atoms with Crippen molar-refractivity contribution in [3.63, 3.8) is 0 Å². The van der Waals surface area contributed by atoms with Crippen LogP contribution in [0, 0.1) is 6.92 Å². The quantitative estimate of drug-likeness (QED) is 0.886. The van der Waals surface area contributed by atoms with Gasteiger partial charge >= 0.3 is 6.03 Å². The minimum atomic E-state index is -0.226. The number of hydrogen-bond acceptors (Lipinski definition) is 2. The number of halogens is 1. The minimum Gasteiger partial charge on any atom is -0.376 e. The van der Waals surface area contributed by atoms with Crippen LogP contribution in [0.25, 0.3) is 0 Å². The number of urea groups is 1. The number of ether oxygens (including phenoxy) is 1. The summed E-state index contributed by atoms with van der Waals surface area (Å²) in [5.41, 5.74) is 1.71. The van der Waals surface area contributed by atoms with Gasteiger partial charge in [-0.3, -0.25) is 0 Å². The maximum atomic E-state index is 11.7. The minimum absolute atomic E-state index is 0.149. The van der Waals surface area contributed by atoms with Gasteiger partial charge in [-0.05, 0) is 37.5 Å². The molecule has 1 aromatic rings. The summed E-state index contributed by atoms with van der Waals surface area (Å²) < 4.78 is 5.43. The third kappa shape index (κ3) is 3.62. The number of nitrogens with one attached hydrogen (secondary N) is 2. The first kappa shape index (κ1) is 13.2. The molecule has 1 aliphatic rings. The second-order valence-electron chi connectivity index (χ2n) is 4.43. The van der Waals surface area contributed by atoms with Crippen LogP contribution in [0.15, 0.2) is 18.2 Å². The van der Waals surface area contributed by atoms with Gasteiger partial charge in [0.1, 0.15) is 0 Å². The Morgan fingerprint density at radius 3 is 3.11 bits per heavy atom. The van der Waals surface area contributed by atoms with E-state index in [1.165, 1.54) is 0 Å². The maximum Gasteiger partial charge on any atom is 0.319 e. The van der Waals surface area contributed by atoms with E-state index in [0.29, 0.717) is 11.6 Å². The topological polar surface area (TPSA) is 50.4 Å². The molecule has 0 saturated carbocycles. The molecule has 4 nitrogen and oxygen atoms in total. The summed E-state index contributed by atoms with van der Waals surface area (Å²) in [5.74, 6) is 0. The van der Waals surface area contributed by atoms with Crippen LogP contribution in [0.2, 0.25) is 5.02 Å². The van der Waals surface area contributed by atoms with Gasteiger partial charge < -0.3 is 15.4 Å². The number of carbonyl (C=O) groups excluding carboxylic acids is 1. The van der Waals surface area contributed by atoms with E-state index in [-0.39, 0.29) is 12.1 Å². The molecule has 1 aliphatic heterocycles. The first-order valence-electron chi connectivity index (χ1n) is 6.08. The molecule has 5 heteroatoms. The summed E-state index contributed by atoms with van der Waals surface area (Å²) in [6, 6.07) is 5.18. The molecule has 18 heavy (non-hydrogen) atoms. The van der Waals surface area contributed by atoms with E-state index in [1.807, 2.05) is 13.0 Å². The molecule has 1 aromatic carbocycles. The van der Waals surface area contributed by atoms with Gasteiger partial charge in [0.15, 0.2) is 0 Å². The van der Waals surface area contributed by atoms with E-state index in [2.05, 4.69) is 10.6 Å². The van der Waals surface area contributed by atoms with Crippen molar-refractivity contribution in [2.24, 2.45) is 0 Å². The highest BCUT2D eigenvalue weighted by atomic mass is 35.5. The number of aryl methyl sites for hydroxylation is 1. The summed E-state index contributed by atoms with van der Waals surface area (Å²) in [4.78, 5) is 11.7. The molecule has 98 valence electrons. The van der Waals surface area contributed by atoms with Gasteiger partial charge in [0.25, 0.3) is 0 Å². The van der Waals surface area contributed by atoms with Crippen molar-refractivity contribution in [1.82, 2.24) is 5.32 Å². The Balaban J connectivity index is 1.84. The van der Waals surface area contributed by atoms with Crippen molar-refractivity contribution in [2.75, 3.05) is 18.5 Å². The third-order valence-electron chi connectivity index (χ3n) is 2.96. The van der Waals surface area contributed by atoms with E-state index in [9.17, 15) is 4.79 Å². The second kappa shape index (κ2) is 6.07. The Hall–Kier alpha value is -1.26. The summed E-state index contributed by atoms with van der Waals surface area (Å²) >= 11 is 5.89. The van der Waals surface area contributed by atoms with E-state index >= 15 is 0 Å². The Kier molecular flexibility index (Phi) is 4.44. The fourth-order valence-electron chi connectivity index (χ4n) is 1.91. The van der Waals surface area contributed by atoms with Crippen LogP contribution < -0.4 is 10.6 Å². The lowest BCUT2D eigenvalue weighted by Gasteiger charge is -2.13. The molecule has 1 atom stereocenters. The molecule has 2 N–H and O–H groups in total. The predicted octanol–water partition coefficient (Wildman–Crippen LogP) is 2.95. The first-order valence-corrected chi connectivity index (χ1v) is 6.45. The molecule has 0 spiro atoms. The van der Waals surface area contributed by atoms with Crippen LogP contribution >= 0.6 is 11.6 Å². The van der Waals surface area contributed by atoms with Gasteiger partial charge in [-0.2, -0.15) is 0 Å². The smallest absolute Gasteiger partial charge is 0.319 e. The van der Waals surface area contributed by atoms with Crippen LogP contribution in [0.3, 0.4) is 0 Å². The zero-order chi connectivity index (χ0) is 13.0. The van der Waals surface area contributed by atoms with Gasteiger partial charge in [0, 0.05) is 23.9 Å². The Labute approximate surface area is 112 Å². The number of benzene rings is 1. The van der Waals surface area contributed by atoms with Crippen LogP contribution in [0.4, 0.5) is 10.5 Å². The molecule has 2 amide bonds. The lowest BCUT2D eigenvalue weighted by atomic mass is 10.2. The molecular formula is C13H17ClN2O2. The summed E-state index contributed by atoms with van der Waals surface area (Å²) in [5, 5.41) is 6.19. The van der Waals surface area contributed by atoms with Crippen molar-refractivity contribution in [2.45, 2.75) is 25.9 Å². The number of carbonyl (C=O) groups is 1. The molecule has 1 unspecified atom stereocenters. The molecule has 0 bridgehead atoms. The van der Waals surface area contributed by atoms with Crippen molar-refractivity contribution < 1.29 is 9.53 Å². The Bertz CT molecular complexity index is 431. The Morgan fingerprint density at radius 2 is 2.39 bits per heavy atom. The van der Waals surface area contributed by atoms with Gasteiger partial charge in [0.05, 0.1) is 6.10 Å². The monoisotopic (exact) mass is 268 g/mol. The van der Waals surface area contributed by atoms with Crippen molar-refractivity contribution >= 4 is 23.3 Å². The molecule has 1 heterocycles. The maximum absolute atomic E-state index is 11.7. The highest BCUT2D eigenvalue weighted by Gasteiger charge is 2.16. The van der Waals surface area contributed by atoms with E-state index in [4.69, 9.17) is 16.3 Å². The third-order valence-corrected chi connectivity index (χ3v) is 3.20. The normalized spacial score (nSPS) is 18.7. The molecule has 0 radical (unpaired) electrons. The second-order valence-corrected chi connectivity index (χ2v) is 4.87. The highest BCUT2D eigenvalue weighted by molar-refractivity contribution is 6.31. The van der Waals surface area contributed by atoms with Crippen LogP contribution in [-0.4, -0.2) is 25.3 Å². The fraction of sp³-hybridized carbons (Fsp3) is 0.462. The summed E-state index contributed by atoms with van der Waals surface area (Å²) in [6.07, 6.45) is 2.23. The first-order chi connectivity index (χ1) is 8.65. The van der Waals surface area contributed by atoms with Gasteiger partial charge in [-0.15, -0.1) is 0 Å². The predicted molar refractivity (Wildman–Crippen MR) is 72.2 cm³/mol. The Morgan fingerprint density at radius 1 is 1.56 bits per heavy atom. The van der Waals surface area contributed by atoms with E-state index in [0.717, 1.165) is 30.7 Å². The van der Waals surface area contributed by atoms with Crippen molar-refractivity contribution in [1.29, 1.82) is 0 Å². The standard InChI is InChI=1S/C13H17ClN2O2/c1-9-4-5-10(14)7-12(9)16-13(17)15-8-11-3-2-6-18-11/h4-5,7,11H,2-3,6,8H2,1H3,(H2,15,16,17). The number of anilines is 1. The molecule has 0 aromatic heterocycles. The van der Waals surface area contributed by atoms with Crippen LogP contribution in [0.5, 0.6) is 0 Å². The van der Waals surface area contributed by atoms with Gasteiger partial charge in [-0.25, -0.2) is 4.79 Å². The fourth-order valence-corrected chi connectivity index (χ4v) is 2.08. The van der Waals surface area contributed by atoms with E-state index in [1.54, 1.807) is 12.1 Å². The van der Waals surface area contributed by atoms with Crippen molar-refractivity contribution in [3.05, 3.63) is 28.8 Å². The van der Waals surface area contributed by atoms with Gasteiger partial charge in [0.2, 0.25) is 0 Å². The summed E-state index contributed by atoms with van der Waals surface area (Å²) in [6.45, 7) is 3.26. The van der Waals surface area contributed by atoms with Crippen LogP contribution in [0.1, 0.15) is 18.4 Å². The summed E-state index contributed by atoms with van der Waals surface area (Å²) in [7, 11) is 0. The zero-order valence-corrected chi connectivity index (χ0v) is 11.1. The molecular weight excluding hydrogens is 252 g/mol. The van der Waals surface area contributed by atoms with Crippen molar-refractivity contribution in [3.8, 4) is 0 Å².